The Morgan fingerprint density at radius 2 is 0.917 bits per heavy atom. The first-order valence-electron chi connectivity index (χ1n) is 16.0. The number of aromatic nitrogens is 6. The van der Waals surface area contributed by atoms with Crippen LogP contribution in [0.3, 0.4) is 0 Å². The number of hydrogen-bond acceptors (Lipinski definition) is 4. The van der Waals surface area contributed by atoms with Crippen LogP contribution in [0, 0.1) is 0 Å². The van der Waals surface area contributed by atoms with Crippen molar-refractivity contribution in [2.75, 3.05) is 0 Å². The lowest BCUT2D eigenvalue weighted by atomic mass is 10.0. The fourth-order valence-corrected chi connectivity index (χ4v) is 7.20. The minimum absolute atomic E-state index is 0.565. The number of nitrogens with zero attached hydrogens (tertiary/aromatic N) is 6. The number of pyridine rings is 1. The number of rotatable bonds is 4. The first-order chi connectivity index (χ1) is 23.8. The van der Waals surface area contributed by atoms with Gasteiger partial charge in [-0.05, 0) is 30.3 Å². The van der Waals surface area contributed by atoms with Crippen LogP contribution in [0.2, 0.25) is 0 Å². The number of hydrogen-bond donors (Lipinski definition) is 0. The molecule has 4 heterocycles. The maximum absolute atomic E-state index is 5.22. The van der Waals surface area contributed by atoms with Crippen LogP contribution in [-0.4, -0.2) is 29.1 Å². The Morgan fingerprint density at radius 3 is 1.56 bits per heavy atom. The Balaban J connectivity index is 1.45. The van der Waals surface area contributed by atoms with Gasteiger partial charge >= 0.3 is 0 Å². The zero-order chi connectivity index (χ0) is 31.6. The lowest BCUT2D eigenvalue weighted by Gasteiger charge is -2.13. The summed E-state index contributed by atoms with van der Waals surface area (Å²) in [5.74, 6) is 1.81. The van der Waals surface area contributed by atoms with Crippen molar-refractivity contribution in [2.45, 2.75) is 0 Å². The Kier molecular flexibility index (Phi) is 5.77. The molecule has 0 unspecified atom stereocenters. The van der Waals surface area contributed by atoms with Gasteiger partial charge in [0.2, 0.25) is 5.95 Å². The molecule has 0 radical (unpaired) electrons. The van der Waals surface area contributed by atoms with Gasteiger partial charge in [0.25, 0.3) is 0 Å². The van der Waals surface area contributed by atoms with E-state index >= 15 is 0 Å². The highest BCUT2D eigenvalue weighted by Gasteiger charge is 2.26. The summed E-state index contributed by atoms with van der Waals surface area (Å²) in [6.07, 6.45) is 1.89. The van der Waals surface area contributed by atoms with Crippen LogP contribution in [0.15, 0.2) is 158 Å². The molecule has 4 aromatic heterocycles. The molecule has 48 heavy (non-hydrogen) atoms. The highest BCUT2D eigenvalue weighted by molar-refractivity contribution is 6.36. The second-order valence-corrected chi connectivity index (χ2v) is 11.9. The van der Waals surface area contributed by atoms with E-state index in [1.54, 1.807) is 0 Å². The molecule has 0 fully saturated rings. The minimum Gasteiger partial charge on any atom is -0.307 e. The predicted octanol–water partition coefficient (Wildman–Crippen LogP) is 9.95. The van der Waals surface area contributed by atoms with Gasteiger partial charge in [-0.3, -0.25) is 9.55 Å². The maximum Gasteiger partial charge on any atom is 0.238 e. The monoisotopic (exact) mass is 614 g/mol. The normalized spacial score (nSPS) is 11.8. The molecule has 0 aliphatic heterocycles. The molecule has 10 aromatic rings. The summed E-state index contributed by atoms with van der Waals surface area (Å²) in [6.45, 7) is 0. The van der Waals surface area contributed by atoms with E-state index in [-0.39, 0.29) is 0 Å². The Labute approximate surface area is 275 Å². The topological polar surface area (TPSA) is 61.4 Å². The molecule has 0 spiro atoms. The third-order valence-electron chi connectivity index (χ3n) is 9.19. The third kappa shape index (κ3) is 3.86. The summed E-state index contributed by atoms with van der Waals surface area (Å²) in [4.78, 5) is 20.5. The number of para-hydroxylation sites is 3. The Bertz CT molecular complexity index is 2760. The van der Waals surface area contributed by atoms with Crippen molar-refractivity contribution in [3.05, 3.63) is 158 Å². The number of fused-ring (bicyclic) bond motifs is 10. The summed E-state index contributed by atoms with van der Waals surface area (Å²) >= 11 is 0. The van der Waals surface area contributed by atoms with Crippen molar-refractivity contribution in [2.24, 2.45) is 0 Å². The first kappa shape index (κ1) is 26.5. The van der Waals surface area contributed by atoms with E-state index < -0.39 is 0 Å². The minimum atomic E-state index is 0.565. The van der Waals surface area contributed by atoms with E-state index in [0.29, 0.717) is 17.6 Å². The van der Waals surface area contributed by atoms with Crippen molar-refractivity contribution >= 4 is 54.5 Å². The molecule has 0 atom stereocenters. The first-order valence-corrected chi connectivity index (χ1v) is 16.0. The van der Waals surface area contributed by atoms with Crippen molar-refractivity contribution in [3.63, 3.8) is 0 Å². The van der Waals surface area contributed by atoms with E-state index in [1.807, 2.05) is 72.9 Å². The molecule has 0 aliphatic carbocycles. The Morgan fingerprint density at radius 1 is 0.396 bits per heavy atom. The van der Waals surface area contributed by atoms with Gasteiger partial charge in [0, 0.05) is 49.9 Å². The van der Waals surface area contributed by atoms with Crippen LogP contribution < -0.4 is 0 Å². The molecule has 0 amide bonds. The molecule has 6 aromatic carbocycles. The van der Waals surface area contributed by atoms with Gasteiger partial charge in [0.15, 0.2) is 11.6 Å². The summed E-state index contributed by atoms with van der Waals surface area (Å²) in [5.41, 5.74) is 8.12. The highest BCUT2D eigenvalue weighted by Crippen LogP contribution is 2.46. The molecule has 224 valence electrons. The molecule has 10 rings (SSSR count). The second-order valence-electron chi connectivity index (χ2n) is 11.9. The lowest BCUT2D eigenvalue weighted by molar-refractivity contribution is 0.955. The summed E-state index contributed by atoms with van der Waals surface area (Å²) in [6, 6.07) is 52.2. The molecule has 6 nitrogen and oxygen atoms in total. The maximum atomic E-state index is 5.22. The van der Waals surface area contributed by atoms with E-state index in [0.717, 1.165) is 71.3 Å². The van der Waals surface area contributed by atoms with E-state index in [2.05, 4.69) is 94.1 Å². The quantitative estimate of drug-likeness (QED) is 0.198. The largest absolute Gasteiger partial charge is 0.307 e. The van der Waals surface area contributed by atoms with Gasteiger partial charge in [-0.1, -0.05) is 121 Å². The van der Waals surface area contributed by atoms with Gasteiger partial charge in [-0.2, -0.15) is 9.97 Å². The molecular weight excluding hydrogens is 589 g/mol. The van der Waals surface area contributed by atoms with Gasteiger partial charge < -0.3 is 4.57 Å². The fraction of sp³-hybridized carbons (Fsp3) is 0. The van der Waals surface area contributed by atoms with Crippen LogP contribution in [0.5, 0.6) is 0 Å². The smallest absolute Gasteiger partial charge is 0.238 e. The average molecular weight is 615 g/mol. The molecule has 0 saturated heterocycles. The van der Waals surface area contributed by atoms with E-state index in [9.17, 15) is 0 Å². The standard InChI is InChI=1S/C42H26N6/c1-4-15-27(16-5-1)40-44-41(28-17-6-2-7-18-28)46-42(45-40)48-34-25-13-10-21-30(34)35-32-23-14-26-43-37(32)39-36(38(35)48)31-22-11-12-24-33(31)47(39)29-19-8-3-9-20-29/h1-26H. The molecule has 0 saturated carbocycles. The molecular formula is C42H26N6. The van der Waals surface area contributed by atoms with Crippen LogP contribution in [0.4, 0.5) is 0 Å². The summed E-state index contributed by atoms with van der Waals surface area (Å²) in [5, 5.41) is 5.57. The summed E-state index contributed by atoms with van der Waals surface area (Å²) < 4.78 is 4.58. The van der Waals surface area contributed by atoms with Crippen molar-refractivity contribution in [1.82, 2.24) is 29.1 Å². The van der Waals surface area contributed by atoms with Gasteiger partial charge in [0.05, 0.1) is 27.6 Å². The van der Waals surface area contributed by atoms with Crippen LogP contribution in [-0.2, 0) is 0 Å². The van der Waals surface area contributed by atoms with Crippen molar-refractivity contribution < 1.29 is 0 Å². The SMILES string of the molecule is c1ccc(-c2nc(-c3ccccc3)nc(-n3c4ccccc4c4c5cccnc5c5c(c6ccccc6n5-c5ccccc5)c43)n2)cc1. The number of benzene rings is 6. The van der Waals surface area contributed by atoms with Crippen LogP contribution >= 0.6 is 0 Å². The molecule has 6 heteroatoms. The second kappa shape index (κ2) is 10.4. The fourth-order valence-electron chi connectivity index (χ4n) is 7.20. The molecule has 0 N–H and O–H groups in total. The van der Waals surface area contributed by atoms with E-state index in [4.69, 9.17) is 19.9 Å². The Hall–Kier alpha value is -6.66. The van der Waals surface area contributed by atoms with Crippen molar-refractivity contribution in [3.8, 4) is 34.4 Å². The van der Waals surface area contributed by atoms with Gasteiger partial charge in [-0.25, -0.2) is 4.98 Å². The zero-order valence-electron chi connectivity index (χ0n) is 25.7. The summed E-state index contributed by atoms with van der Waals surface area (Å²) in [7, 11) is 0. The molecule has 0 aliphatic rings. The highest BCUT2D eigenvalue weighted by atomic mass is 15.2. The van der Waals surface area contributed by atoms with E-state index in [1.165, 1.54) is 0 Å². The molecule has 0 bridgehead atoms. The third-order valence-corrected chi connectivity index (χ3v) is 9.19. The zero-order valence-corrected chi connectivity index (χ0v) is 25.7. The van der Waals surface area contributed by atoms with Gasteiger partial charge in [0.1, 0.15) is 0 Å². The van der Waals surface area contributed by atoms with Crippen molar-refractivity contribution in [1.29, 1.82) is 0 Å². The van der Waals surface area contributed by atoms with Crippen LogP contribution in [0.25, 0.3) is 88.9 Å². The lowest BCUT2D eigenvalue weighted by Crippen LogP contribution is -2.06. The van der Waals surface area contributed by atoms with Gasteiger partial charge in [-0.15, -0.1) is 0 Å². The predicted molar refractivity (Wildman–Crippen MR) is 195 cm³/mol. The average Bonchev–Trinajstić information content (AvgIpc) is 3.70. The van der Waals surface area contributed by atoms with Crippen LogP contribution in [0.1, 0.15) is 0 Å².